The first-order valence-electron chi connectivity index (χ1n) is 9.10. The quantitative estimate of drug-likeness (QED) is 0.264. The smallest absolute Gasteiger partial charge is 0.323 e. The second kappa shape index (κ2) is 9.21. The highest BCUT2D eigenvalue weighted by Crippen LogP contribution is 2.31. The van der Waals surface area contributed by atoms with Crippen molar-refractivity contribution in [3.63, 3.8) is 0 Å². The average molecular weight is 533 g/mol. The van der Waals surface area contributed by atoms with Crippen LogP contribution in [-0.2, 0) is 12.7 Å². The van der Waals surface area contributed by atoms with E-state index in [0.29, 0.717) is 28.3 Å². The number of amides is 3. The molecule has 0 aliphatic carbocycles. The van der Waals surface area contributed by atoms with Crippen molar-refractivity contribution in [2.45, 2.75) is 23.1 Å². The minimum atomic E-state index is -4.46. The maximum Gasteiger partial charge on any atom is 0.416 e. The van der Waals surface area contributed by atoms with Crippen LogP contribution < -0.4 is 10.4 Å². The minimum Gasteiger partial charge on any atom is -0.323 e. The highest BCUT2D eigenvalue weighted by molar-refractivity contribution is 14.1. The van der Waals surface area contributed by atoms with Crippen LogP contribution >= 0.6 is 22.6 Å². The molecule has 2 aromatic rings. The molecule has 1 aliphatic rings. The third-order valence-corrected chi connectivity index (χ3v) is 5.81. The van der Waals surface area contributed by atoms with Gasteiger partial charge in [0.1, 0.15) is 0 Å². The van der Waals surface area contributed by atoms with Crippen LogP contribution in [0.3, 0.4) is 0 Å². The molecule has 0 radical (unpaired) electrons. The molecule has 0 bridgehead atoms. The summed E-state index contributed by atoms with van der Waals surface area (Å²) in [4.78, 5) is 27.7. The summed E-state index contributed by atoms with van der Waals surface area (Å²) in [7, 11) is 0. The van der Waals surface area contributed by atoms with Crippen molar-refractivity contribution in [2.75, 3.05) is 18.0 Å². The number of alkyl halides is 4. The molecule has 0 saturated carbocycles. The van der Waals surface area contributed by atoms with Crippen LogP contribution in [0.1, 0.15) is 27.9 Å². The first-order chi connectivity index (χ1) is 14.2. The Hall–Kier alpha value is -2.34. The Kier molecular flexibility index (Phi) is 6.86. The third-order valence-electron chi connectivity index (χ3n) is 4.80. The molecular weight excluding hydrogens is 514 g/mol. The average Bonchev–Trinajstić information content (AvgIpc) is 3.17. The van der Waals surface area contributed by atoms with Gasteiger partial charge in [0.15, 0.2) is 0 Å². The second-order valence-electron chi connectivity index (χ2n) is 6.88. The summed E-state index contributed by atoms with van der Waals surface area (Å²) < 4.78 is 39.1. The summed E-state index contributed by atoms with van der Waals surface area (Å²) in [6.45, 7) is 1.28. The van der Waals surface area contributed by atoms with E-state index >= 15 is 0 Å². The standard InChI is InChI=1S/C20H19F3IN3O3/c21-20(22,23)15-5-7-17(8-6-15)27(19(29)26-10-9-16(24)12-26)11-13-1-3-14(4-2-13)18(28)25-30/h1-8,16,30H,9-12H2,(H,25,28)/t16-/m1/s1. The first-order valence-corrected chi connectivity index (χ1v) is 10.3. The van der Waals surface area contributed by atoms with E-state index in [0.717, 1.165) is 18.6 Å². The monoisotopic (exact) mass is 533 g/mol. The largest absolute Gasteiger partial charge is 0.416 e. The Bertz CT molecular complexity index is 904. The van der Waals surface area contributed by atoms with Gasteiger partial charge in [0.25, 0.3) is 5.91 Å². The van der Waals surface area contributed by atoms with E-state index in [-0.39, 0.29) is 18.1 Å². The molecule has 6 nitrogen and oxygen atoms in total. The molecule has 0 aromatic heterocycles. The molecule has 1 heterocycles. The van der Waals surface area contributed by atoms with E-state index in [1.54, 1.807) is 22.5 Å². The Morgan fingerprint density at radius 1 is 1.13 bits per heavy atom. The predicted octanol–water partition coefficient (Wildman–Crippen LogP) is 4.46. The summed E-state index contributed by atoms with van der Waals surface area (Å²) in [6.07, 6.45) is -3.60. The van der Waals surface area contributed by atoms with E-state index in [9.17, 15) is 22.8 Å². The lowest BCUT2D eigenvalue weighted by Gasteiger charge is -2.28. The lowest BCUT2D eigenvalue weighted by Crippen LogP contribution is -2.42. The van der Waals surface area contributed by atoms with Crippen molar-refractivity contribution < 1.29 is 28.0 Å². The van der Waals surface area contributed by atoms with Crippen molar-refractivity contribution in [2.24, 2.45) is 0 Å². The summed E-state index contributed by atoms with van der Waals surface area (Å²) in [5, 5.41) is 8.71. The number of likely N-dealkylation sites (tertiary alicyclic amines) is 1. The van der Waals surface area contributed by atoms with Gasteiger partial charge in [0.2, 0.25) is 0 Å². The number of rotatable bonds is 4. The van der Waals surface area contributed by atoms with Gasteiger partial charge >= 0.3 is 12.2 Å². The molecule has 3 amide bonds. The van der Waals surface area contributed by atoms with Crippen LogP contribution in [0.5, 0.6) is 0 Å². The summed E-state index contributed by atoms with van der Waals surface area (Å²) in [5.74, 6) is -0.664. The van der Waals surface area contributed by atoms with Gasteiger partial charge in [-0.25, -0.2) is 10.3 Å². The fourth-order valence-electron chi connectivity index (χ4n) is 3.17. The molecule has 1 aliphatic heterocycles. The SMILES string of the molecule is O=C(NO)c1ccc(CN(C(=O)N2CC[C@@H](I)C2)c2ccc(C(F)(F)F)cc2)cc1. The van der Waals surface area contributed by atoms with E-state index in [1.165, 1.54) is 29.2 Å². The predicted molar refractivity (Wildman–Crippen MR) is 113 cm³/mol. The van der Waals surface area contributed by atoms with Crippen LogP contribution in [0.25, 0.3) is 0 Å². The van der Waals surface area contributed by atoms with E-state index < -0.39 is 17.6 Å². The van der Waals surface area contributed by atoms with Gasteiger partial charge in [0.05, 0.1) is 12.1 Å². The summed E-state index contributed by atoms with van der Waals surface area (Å²) in [6, 6.07) is 10.4. The summed E-state index contributed by atoms with van der Waals surface area (Å²) in [5.41, 5.74) is 2.03. The van der Waals surface area contributed by atoms with Crippen LogP contribution in [0, 0.1) is 0 Å². The molecule has 2 aromatic carbocycles. The van der Waals surface area contributed by atoms with Crippen LogP contribution in [0.2, 0.25) is 0 Å². The van der Waals surface area contributed by atoms with Crippen molar-refractivity contribution >= 4 is 40.2 Å². The molecule has 1 saturated heterocycles. The van der Waals surface area contributed by atoms with Crippen LogP contribution in [0.15, 0.2) is 48.5 Å². The number of benzene rings is 2. The number of halogens is 4. The van der Waals surface area contributed by atoms with Crippen molar-refractivity contribution in [1.82, 2.24) is 10.4 Å². The number of urea groups is 1. The number of hydrogen-bond donors (Lipinski definition) is 2. The fraction of sp³-hybridized carbons (Fsp3) is 0.300. The molecule has 2 N–H and O–H groups in total. The second-order valence-corrected chi connectivity index (χ2v) is 8.64. The maximum absolute atomic E-state index is 13.1. The van der Waals surface area contributed by atoms with Gasteiger partial charge in [-0.2, -0.15) is 13.2 Å². The fourth-order valence-corrected chi connectivity index (χ4v) is 3.92. The number of nitrogens with one attached hydrogen (secondary N) is 1. The van der Waals surface area contributed by atoms with Crippen LogP contribution in [0.4, 0.5) is 23.7 Å². The van der Waals surface area contributed by atoms with Gasteiger partial charge < -0.3 is 4.90 Å². The zero-order chi connectivity index (χ0) is 21.9. The number of carbonyl (C=O) groups excluding carboxylic acids is 2. The van der Waals surface area contributed by atoms with E-state index in [1.807, 2.05) is 0 Å². The highest BCUT2D eigenvalue weighted by atomic mass is 127. The van der Waals surface area contributed by atoms with E-state index in [4.69, 9.17) is 5.21 Å². The van der Waals surface area contributed by atoms with Gasteiger partial charge in [-0.15, -0.1) is 0 Å². The number of carbonyl (C=O) groups is 2. The Labute approximate surface area is 184 Å². The van der Waals surface area contributed by atoms with Gasteiger partial charge in [-0.3, -0.25) is 14.9 Å². The number of nitrogens with zero attached hydrogens (tertiary/aromatic N) is 2. The Balaban J connectivity index is 1.87. The van der Waals surface area contributed by atoms with Crippen LogP contribution in [-0.4, -0.2) is 39.1 Å². The van der Waals surface area contributed by atoms with Gasteiger partial charge in [-0.1, -0.05) is 34.7 Å². The van der Waals surface area contributed by atoms with Crippen molar-refractivity contribution in [1.29, 1.82) is 0 Å². The molecule has 0 spiro atoms. The molecule has 0 unspecified atom stereocenters. The van der Waals surface area contributed by atoms with Gasteiger partial charge in [0, 0.05) is 28.3 Å². The number of anilines is 1. The van der Waals surface area contributed by atoms with Crippen molar-refractivity contribution in [3.8, 4) is 0 Å². The molecule has 10 heteroatoms. The van der Waals surface area contributed by atoms with Crippen molar-refractivity contribution in [3.05, 3.63) is 65.2 Å². The zero-order valence-corrected chi connectivity index (χ0v) is 17.9. The molecule has 30 heavy (non-hydrogen) atoms. The molecule has 3 rings (SSSR count). The highest BCUT2D eigenvalue weighted by Gasteiger charge is 2.32. The molecular formula is C20H19F3IN3O3. The molecule has 160 valence electrons. The lowest BCUT2D eigenvalue weighted by molar-refractivity contribution is -0.137. The third kappa shape index (κ3) is 5.22. The molecule has 1 fully saturated rings. The number of hydroxylamine groups is 1. The topological polar surface area (TPSA) is 72.9 Å². The lowest BCUT2D eigenvalue weighted by atomic mass is 10.1. The maximum atomic E-state index is 13.1. The normalized spacial score (nSPS) is 16.4. The molecule has 1 atom stereocenters. The first kappa shape index (κ1) is 22.3. The Morgan fingerprint density at radius 2 is 1.77 bits per heavy atom. The summed E-state index contributed by atoms with van der Waals surface area (Å²) >= 11 is 2.27. The van der Waals surface area contributed by atoms with Gasteiger partial charge in [-0.05, 0) is 48.4 Å². The minimum absolute atomic E-state index is 0.119. The zero-order valence-electron chi connectivity index (χ0n) is 15.7. The number of hydrogen-bond acceptors (Lipinski definition) is 3. The Morgan fingerprint density at radius 3 is 2.27 bits per heavy atom. The van der Waals surface area contributed by atoms with E-state index in [2.05, 4.69) is 22.6 Å².